The second-order valence-corrected chi connectivity index (χ2v) is 5.54. The molecule has 2 nitrogen and oxygen atoms in total. The topological polar surface area (TPSA) is 21.3 Å². The number of hydrogen-bond acceptors (Lipinski definition) is 2. The molecule has 1 N–H and O–H groups in total. The molecule has 0 fully saturated rings. The first-order chi connectivity index (χ1) is 9.67. The zero-order valence-corrected chi connectivity index (χ0v) is 12.4. The molecule has 0 spiro atoms. The SMILES string of the molecule is CCc1ccc2c(c1)NC(c1ccc(C)c(C)c1)CO2. The van der Waals surface area contributed by atoms with E-state index in [-0.39, 0.29) is 6.04 Å². The van der Waals surface area contributed by atoms with E-state index in [1.807, 2.05) is 0 Å². The van der Waals surface area contributed by atoms with Gasteiger partial charge in [-0.1, -0.05) is 31.2 Å². The summed E-state index contributed by atoms with van der Waals surface area (Å²) in [6.45, 7) is 7.16. The lowest BCUT2D eigenvalue weighted by Gasteiger charge is -2.28. The van der Waals surface area contributed by atoms with Crippen LogP contribution in [0.2, 0.25) is 0 Å². The van der Waals surface area contributed by atoms with Crippen LogP contribution in [-0.4, -0.2) is 6.61 Å². The largest absolute Gasteiger partial charge is 0.489 e. The van der Waals surface area contributed by atoms with Crippen LogP contribution in [-0.2, 0) is 6.42 Å². The lowest BCUT2D eigenvalue weighted by molar-refractivity contribution is 0.286. The summed E-state index contributed by atoms with van der Waals surface area (Å²) in [5.41, 5.74) is 6.40. The molecule has 3 rings (SSSR count). The third-order valence-electron chi connectivity index (χ3n) is 4.12. The Labute approximate surface area is 120 Å². The van der Waals surface area contributed by atoms with Gasteiger partial charge in [-0.2, -0.15) is 0 Å². The molecule has 0 radical (unpaired) electrons. The van der Waals surface area contributed by atoms with Crippen LogP contribution in [0.15, 0.2) is 36.4 Å². The molecule has 2 aromatic carbocycles. The van der Waals surface area contributed by atoms with E-state index >= 15 is 0 Å². The van der Waals surface area contributed by atoms with Gasteiger partial charge in [0.25, 0.3) is 0 Å². The fourth-order valence-electron chi connectivity index (χ4n) is 2.60. The van der Waals surface area contributed by atoms with Gasteiger partial charge in [-0.05, 0) is 54.7 Å². The molecule has 1 aliphatic rings. The number of rotatable bonds is 2. The number of hydrogen-bond donors (Lipinski definition) is 1. The predicted octanol–water partition coefficient (Wildman–Crippen LogP) is 4.41. The van der Waals surface area contributed by atoms with Crippen molar-refractivity contribution in [2.45, 2.75) is 33.2 Å². The van der Waals surface area contributed by atoms with Gasteiger partial charge in [-0.25, -0.2) is 0 Å². The number of ether oxygens (including phenoxy) is 1. The molecule has 0 aromatic heterocycles. The van der Waals surface area contributed by atoms with Gasteiger partial charge in [0.05, 0.1) is 11.7 Å². The van der Waals surface area contributed by atoms with E-state index in [1.165, 1.54) is 22.3 Å². The Balaban J connectivity index is 1.89. The monoisotopic (exact) mass is 267 g/mol. The molecule has 2 aromatic rings. The Bertz CT molecular complexity index is 633. The van der Waals surface area contributed by atoms with Gasteiger partial charge in [0.2, 0.25) is 0 Å². The van der Waals surface area contributed by atoms with Gasteiger partial charge in [-0.3, -0.25) is 0 Å². The molecule has 0 aliphatic carbocycles. The fourth-order valence-corrected chi connectivity index (χ4v) is 2.60. The summed E-state index contributed by atoms with van der Waals surface area (Å²) in [6.07, 6.45) is 1.04. The van der Waals surface area contributed by atoms with Crippen LogP contribution in [0.1, 0.15) is 35.2 Å². The summed E-state index contributed by atoms with van der Waals surface area (Å²) in [5.74, 6) is 0.960. The molecule has 0 amide bonds. The number of anilines is 1. The molecule has 0 saturated carbocycles. The Hall–Kier alpha value is -1.96. The summed E-state index contributed by atoms with van der Waals surface area (Å²) in [5, 5.41) is 3.61. The van der Waals surface area contributed by atoms with Gasteiger partial charge < -0.3 is 10.1 Å². The van der Waals surface area contributed by atoms with Crippen molar-refractivity contribution in [3.63, 3.8) is 0 Å². The Morgan fingerprint density at radius 3 is 2.70 bits per heavy atom. The van der Waals surface area contributed by atoms with E-state index in [9.17, 15) is 0 Å². The average molecular weight is 267 g/mol. The van der Waals surface area contributed by atoms with Gasteiger partial charge in [0.1, 0.15) is 12.4 Å². The number of nitrogens with one attached hydrogen (secondary N) is 1. The standard InChI is InChI=1S/C18H21NO/c1-4-14-6-8-18-16(10-14)19-17(11-20-18)15-7-5-12(2)13(3)9-15/h5-10,17,19H,4,11H2,1-3H3. The van der Waals surface area contributed by atoms with Gasteiger partial charge >= 0.3 is 0 Å². The molecule has 0 saturated heterocycles. The fraction of sp³-hybridized carbons (Fsp3) is 0.333. The number of fused-ring (bicyclic) bond motifs is 1. The van der Waals surface area contributed by atoms with Crippen LogP contribution in [0.25, 0.3) is 0 Å². The summed E-state index contributed by atoms with van der Waals surface area (Å²) >= 11 is 0. The third-order valence-corrected chi connectivity index (χ3v) is 4.12. The smallest absolute Gasteiger partial charge is 0.142 e. The summed E-state index contributed by atoms with van der Waals surface area (Å²) in [4.78, 5) is 0. The maximum atomic E-state index is 5.90. The maximum absolute atomic E-state index is 5.90. The van der Waals surface area contributed by atoms with Crippen LogP contribution in [0.5, 0.6) is 5.75 Å². The van der Waals surface area contributed by atoms with Crippen LogP contribution in [0.3, 0.4) is 0 Å². The Morgan fingerprint density at radius 2 is 1.95 bits per heavy atom. The quantitative estimate of drug-likeness (QED) is 0.870. The Kier molecular flexibility index (Phi) is 3.39. The van der Waals surface area contributed by atoms with Crippen LogP contribution >= 0.6 is 0 Å². The molecular weight excluding hydrogens is 246 g/mol. The summed E-state index contributed by atoms with van der Waals surface area (Å²) in [7, 11) is 0. The van der Waals surface area contributed by atoms with Gasteiger partial charge in [0.15, 0.2) is 0 Å². The zero-order chi connectivity index (χ0) is 14.1. The van der Waals surface area contributed by atoms with E-state index in [1.54, 1.807) is 0 Å². The minimum absolute atomic E-state index is 0.230. The van der Waals surface area contributed by atoms with Crippen molar-refractivity contribution in [3.05, 3.63) is 58.7 Å². The molecule has 1 atom stereocenters. The first-order valence-electron chi connectivity index (χ1n) is 7.27. The van der Waals surface area contributed by atoms with Crippen molar-refractivity contribution < 1.29 is 4.74 Å². The molecular formula is C18H21NO. The number of aryl methyl sites for hydroxylation is 3. The first-order valence-corrected chi connectivity index (χ1v) is 7.27. The highest BCUT2D eigenvalue weighted by molar-refractivity contribution is 5.61. The number of benzene rings is 2. The molecule has 1 unspecified atom stereocenters. The van der Waals surface area contributed by atoms with E-state index in [0.717, 1.165) is 17.9 Å². The van der Waals surface area contributed by atoms with Crippen molar-refractivity contribution in [2.24, 2.45) is 0 Å². The van der Waals surface area contributed by atoms with E-state index in [0.29, 0.717) is 6.61 Å². The Morgan fingerprint density at radius 1 is 1.10 bits per heavy atom. The second-order valence-electron chi connectivity index (χ2n) is 5.54. The lowest BCUT2D eigenvalue weighted by atomic mass is 10.00. The van der Waals surface area contributed by atoms with Crippen molar-refractivity contribution >= 4 is 5.69 Å². The van der Waals surface area contributed by atoms with Crippen LogP contribution < -0.4 is 10.1 Å². The van der Waals surface area contributed by atoms with E-state index in [4.69, 9.17) is 4.74 Å². The second kappa shape index (κ2) is 5.20. The third kappa shape index (κ3) is 2.38. The van der Waals surface area contributed by atoms with Crippen molar-refractivity contribution in [2.75, 3.05) is 11.9 Å². The molecule has 2 heteroatoms. The maximum Gasteiger partial charge on any atom is 0.142 e. The summed E-state index contributed by atoms with van der Waals surface area (Å²) in [6, 6.07) is 13.3. The van der Waals surface area contributed by atoms with Gasteiger partial charge in [-0.15, -0.1) is 0 Å². The highest BCUT2D eigenvalue weighted by Gasteiger charge is 2.20. The zero-order valence-electron chi connectivity index (χ0n) is 12.4. The minimum atomic E-state index is 0.230. The average Bonchev–Trinajstić information content (AvgIpc) is 2.49. The van der Waals surface area contributed by atoms with Crippen LogP contribution in [0.4, 0.5) is 5.69 Å². The van der Waals surface area contributed by atoms with Gasteiger partial charge in [0, 0.05) is 0 Å². The first kappa shape index (κ1) is 13.0. The molecule has 1 heterocycles. The van der Waals surface area contributed by atoms with Crippen LogP contribution in [0, 0.1) is 13.8 Å². The lowest BCUT2D eigenvalue weighted by Crippen LogP contribution is -2.24. The van der Waals surface area contributed by atoms with E-state index in [2.05, 4.69) is 62.5 Å². The molecule has 20 heavy (non-hydrogen) atoms. The minimum Gasteiger partial charge on any atom is -0.489 e. The molecule has 104 valence electrons. The summed E-state index contributed by atoms with van der Waals surface area (Å²) < 4.78 is 5.90. The predicted molar refractivity (Wildman–Crippen MR) is 83.6 cm³/mol. The van der Waals surface area contributed by atoms with E-state index < -0.39 is 0 Å². The highest BCUT2D eigenvalue weighted by Crippen LogP contribution is 2.34. The van der Waals surface area contributed by atoms with Crippen molar-refractivity contribution in [1.82, 2.24) is 0 Å². The van der Waals surface area contributed by atoms with Crippen molar-refractivity contribution in [3.8, 4) is 5.75 Å². The molecule has 0 bridgehead atoms. The highest BCUT2D eigenvalue weighted by atomic mass is 16.5. The van der Waals surface area contributed by atoms with Crippen molar-refractivity contribution in [1.29, 1.82) is 0 Å². The molecule has 1 aliphatic heterocycles. The normalized spacial score (nSPS) is 17.1.